The van der Waals surface area contributed by atoms with Crippen LogP contribution in [0.2, 0.25) is 0 Å². The van der Waals surface area contributed by atoms with Gasteiger partial charge in [0.2, 0.25) is 0 Å². The van der Waals surface area contributed by atoms with E-state index >= 15 is 0 Å². The molecule has 0 aromatic heterocycles. The van der Waals surface area contributed by atoms with Crippen LogP contribution in [-0.4, -0.2) is 36.0 Å². The number of hydrogen-bond donors (Lipinski definition) is 1. The van der Waals surface area contributed by atoms with Crippen molar-refractivity contribution in [1.82, 2.24) is 4.90 Å². The standard InChI is InChI=1S/C32H34BrFN2O4/c1-31(2)13-22-29(24(37)15-31)28(30-23(36(22)5)14-32(3,4)16-25(30)38)19-12-18(33)10-11-26(19)40-17-27(39)35-21-9-7-6-8-20(21)34/h6-12,28H,13-17H2,1-5H3,(H,35,39). The monoisotopic (exact) mass is 608 g/mol. The van der Waals surface area contributed by atoms with E-state index in [0.29, 0.717) is 48.1 Å². The van der Waals surface area contributed by atoms with E-state index in [0.717, 1.165) is 15.9 Å². The first kappa shape index (κ1) is 28.3. The number of amides is 1. The molecule has 2 aliphatic carbocycles. The molecular formula is C32H34BrFN2O4. The highest BCUT2D eigenvalue weighted by molar-refractivity contribution is 9.10. The highest BCUT2D eigenvalue weighted by Gasteiger charge is 2.48. The maximum atomic E-state index is 14.1. The molecule has 0 atom stereocenters. The summed E-state index contributed by atoms with van der Waals surface area (Å²) in [4.78, 5) is 42.4. The van der Waals surface area contributed by atoms with Crippen molar-refractivity contribution in [2.24, 2.45) is 10.8 Å². The minimum Gasteiger partial charge on any atom is -0.483 e. The van der Waals surface area contributed by atoms with Gasteiger partial charge in [0.15, 0.2) is 18.2 Å². The van der Waals surface area contributed by atoms with Crippen LogP contribution in [0.4, 0.5) is 10.1 Å². The number of nitrogens with one attached hydrogen (secondary N) is 1. The summed E-state index contributed by atoms with van der Waals surface area (Å²) >= 11 is 3.56. The Balaban J connectivity index is 1.58. The third-order valence-corrected chi connectivity index (χ3v) is 8.46. The van der Waals surface area contributed by atoms with Gasteiger partial charge in [-0.05, 0) is 54.0 Å². The number of ether oxygens (including phenoxy) is 1. The molecule has 0 bridgehead atoms. The Hall–Kier alpha value is -3.26. The Kier molecular flexibility index (Phi) is 7.27. The molecule has 3 aliphatic rings. The molecule has 0 saturated carbocycles. The summed E-state index contributed by atoms with van der Waals surface area (Å²) in [5, 5.41) is 2.54. The number of halogens is 2. The van der Waals surface area contributed by atoms with Crippen molar-refractivity contribution < 1.29 is 23.5 Å². The first-order valence-corrected chi connectivity index (χ1v) is 14.3. The van der Waals surface area contributed by atoms with Gasteiger partial charge >= 0.3 is 0 Å². The maximum Gasteiger partial charge on any atom is 0.262 e. The van der Waals surface area contributed by atoms with Crippen molar-refractivity contribution in [1.29, 1.82) is 0 Å². The predicted octanol–water partition coefficient (Wildman–Crippen LogP) is 6.92. The van der Waals surface area contributed by atoms with Crippen LogP contribution in [-0.2, 0) is 14.4 Å². The van der Waals surface area contributed by atoms with E-state index in [9.17, 15) is 18.8 Å². The molecule has 1 amide bonds. The molecule has 1 N–H and O–H groups in total. The zero-order chi connectivity index (χ0) is 29.0. The Morgan fingerprint density at radius 3 is 2.12 bits per heavy atom. The third kappa shape index (κ3) is 5.38. The fourth-order valence-electron chi connectivity index (χ4n) is 6.24. The van der Waals surface area contributed by atoms with Gasteiger partial charge < -0.3 is 15.0 Å². The van der Waals surface area contributed by atoms with Crippen LogP contribution in [0.5, 0.6) is 5.75 Å². The predicted molar refractivity (Wildman–Crippen MR) is 155 cm³/mol. The fourth-order valence-corrected chi connectivity index (χ4v) is 6.62. The fraction of sp³-hybridized carbons (Fsp3) is 0.406. The van der Waals surface area contributed by atoms with Crippen LogP contribution in [0.3, 0.4) is 0 Å². The number of benzene rings is 2. The highest BCUT2D eigenvalue weighted by atomic mass is 79.9. The molecular weight excluding hydrogens is 575 g/mol. The van der Waals surface area contributed by atoms with Crippen LogP contribution in [0, 0.1) is 16.6 Å². The zero-order valence-electron chi connectivity index (χ0n) is 23.5. The van der Waals surface area contributed by atoms with Gasteiger partial charge in [-0.2, -0.15) is 0 Å². The van der Waals surface area contributed by atoms with Gasteiger partial charge in [0.25, 0.3) is 5.91 Å². The Labute approximate surface area is 242 Å². The topological polar surface area (TPSA) is 75.7 Å². The van der Waals surface area contributed by atoms with Crippen LogP contribution in [0.1, 0.15) is 64.9 Å². The molecule has 0 fully saturated rings. The lowest BCUT2D eigenvalue weighted by atomic mass is 9.63. The quantitative estimate of drug-likeness (QED) is 0.399. The number of para-hydroxylation sites is 1. The van der Waals surface area contributed by atoms with E-state index in [-0.39, 0.29) is 34.7 Å². The van der Waals surface area contributed by atoms with Crippen molar-refractivity contribution in [2.45, 2.75) is 59.3 Å². The number of allylic oxidation sites excluding steroid dienone is 4. The van der Waals surface area contributed by atoms with Gasteiger partial charge in [-0.1, -0.05) is 55.8 Å². The molecule has 0 radical (unpaired) electrons. The normalized spacial score (nSPS) is 20.3. The number of nitrogens with zero attached hydrogens (tertiary/aromatic N) is 1. The van der Waals surface area contributed by atoms with Crippen molar-refractivity contribution >= 4 is 39.1 Å². The molecule has 0 spiro atoms. The van der Waals surface area contributed by atoms with Gasteiger partial charge in [-0.25, -0.2) is 4.39 Å². The summed E-state index contributed by atoms with van der Waals surface area (Å²) in [6, 6.07) is 11.3. The molecule has 2 aromatic rings. The van der Waals surface area contributed by atoms with Gasteiger partial charge in [0, 0.05) is 58.4 Å². The van der Waals surface area contributed by atoms with Gasteiger partial charge in [-0.15, -0.1) is 0 Å². The molecule has 5 rings (SSSR count). The average Bonchev–Trinajstić information content (AvgIpc) is 2.85. The van der Waals surface area contributed by atoms with E-state index in [4.69, 9.17) is 4.74 Å². The number of Topliss-reactive ketones (excluding diaryl/α,β-unsaturated/α-hetero) is 2. The van der Waals surface area contributed by atoms with E-state index in [1.807, 2.05) is 13.1 Å². The SMILES string of the molecule is CN1C2=C(C(=O)CC(C)(C)C2)C(c2cc(Br)ccc2OCC(=O)Nc2ccccc2F)C2=C1CC(C)(C)CC2=O. The van der Waals surface area contributed by atoms with Crippen molar-refractivity contribution in [3.8, 4) is 5.75 Å². The zero-order valence-corrected chi connectivity index (χ0v) is 25.1. The lowest BCUT2D eigenvalue weighted by Crippen LogP contribution is -2.43. The second-order valence-corrected chi connectivity index (χ2v) is 13.5. The third-order valence-electron chi connectivity index (χ3n) is 7.97. The van der Waals surface area contributed by atoms with Crippen molar-refractivity contribution in [2.75, 3.05) is 19.0 Å². The molecule has 40 heavy (non-hydrogen) atoms. The molecule has 0 unspecified atom stereocenters. The van der Waals surface area contributed by atoms with E-state index in [2.05, 4.69) is 53.8 Å². The minimum absolute atomic E-state index is 0.0236. The molecule has 1 aliphatic heterocycles. The summed E-state index contributed by atoms with van der Waals surface area (Å²) in [6.45, 7) is 8.02. The summed E-state index contributed by atoms with van der Waals surface area (Å²) in [5.41, 5.74) is 3.46. The number of rotatable bonds is 5. The summed E-state index contributed by atoms with van der Waals surface area (Å²) in [7, 11) is 1.97. The number of carbonyl (C=O) groups excluding carboxylic acids is 3. The first-order chi connectivity index (χ1) is 18.8. The van der Waals surface area contributed by atoms with Crippen molar-refractivity contribution in [3.63, 3.8) is 0 Å². The Bertz CT molecular complexity index is 1440. The lowest BCUT2D eigenvalue weighted by molar-refractivity contribution is -0.120. The van der Waals surface area contributed by atoms with Crippen LogP contribution < -0.4 is 10.1 Å². The largest absolute Gasteiger partial charge is 0.483 e. The smallest absolute Gasteiger partial charge is 0.262 e. The summed E-state index contributed by atoms with van der Waals surface area (Å²) < 4.78 is 20.8. The number of hydrogen-bond acceptors (Lipinski definition) is 5. The Morgan fingerprint density at radius 2 is 1.55 bits per heavy atom. The van der Waals surface area contributed by atoms with Crippen molar-refractivity contribution in [3.05, 3.63) is 80.9 Å². The van der Waals surface area contributed by atoms with Gasteiger partial charge in [0.1, 0.15) is 11.6 Å². The molecule has 1 heterocycles. The summed E-state index contributed by atoms with van der Waals surface area (Å²) in [6.07, 6.45) is 2.19. The molecule has 0 saturated heterocycles. The average molecular weight is 610 g/mol. The van der Waals surface area contributed by atoms with E-state index < -0.39 is 17.6 Å². The first-order valence-electron chi connectivity index (χ1n) is 13.5. The number of anilines is 1. The summed E-state index contributed by atoms with van der Waals surface area (Å²) in [5.74, 6) is -1.21. The van der Waals surface area contributed by atoms with Gasteiger partial charge in [0.05, 0.1) is 5.69 Å². The second kappa shape index (κ2) is 10.3. The molecule has 6 nitrogen and oxygen atoms in total. The molecule has 8 heteroatoms. The second-order valence-electron chi connectivity index (χ2n) is 12.6. The molecule has 210 valence electrons. The maximum absolute atomic E-state index is 14.1. The minimum atomic E-state index is -0.601. The lowest BCUT2D eigenvalue weighted by Gasteiger charge is -2.48. The van der Waals surface area contributed by atoms with E-state index in [1.54, 1.807) is 24.3 Å². The van der Waals surface area contributed by atoms with Crippen LogP contribution >= 0.6 is 15.9 Å². The van der Waals surface area contributed by atoms with E-state index in [1.165, 1.54) is 12.1 Å². The highest BCUT2D eigenvalue weighted by Crippen LogP contribution is 2.55. The number of carbonyl (C=O) groups is 3. The Morgan fingerprint density at radius 1 is 0.975 bits per heavy atom. The number of ketones is 2. The van der Waals surface area contributed by atoms with Crippen LogP contribution in [0.25, 0.3) is 0 Å². The molecule has 2 aromatic carbocycles. The van der Waals surface area contributed by atoms with Gasteiger partial charge in [-0.3, -0.25) is 14.4 Å². The van der Waals surface area contributed by atoms with Crippen LogP contribution in [0.15, 0.2) is 69.5 Å².